The molecular weight excluding hydrogens is 286 g/mol. The third kappa shape index (κ3) is 3.46. The van der Waals surface area contributed by atoms with Crippen molar-refractivity contribution >= 4 is 11.6 Å². The minimum absolute atomic E-state index is 0.108. The third-order valence-corrected chi connectivity index (χ3v) is 3.05. The van der Waals surface area contributed by atoms with Crippen molar-refractivity contribution in [1.29, 1.82) is 0 Å². The normalized spacial score (nSPS) is 12.2. The number of hydrogen-bond acceptors (Lipinski definition) is 2. The Morgan fingerprint density at radius 3 is 2.65 bits per heavy atom. The fourth-order valence-corrected chi connectivity index (χ4v) is 1.97. The summed E-state index contributed by atoms with van der Waals surface area (Å²) < 4.78 is 32.0. The van der Waals surface area contributed by atoms with E-state index in [1.165, 1.54) is 0 Å². The minimum atomic E-state index is -0.777. The van der Waals surface area contributed by atoms with Crippen LogP contribution < -0.4 is 4.74 Å². The van der Waals surface area contributed by atoms with Crippen LogP contribution in [0.4, 0.5) is 8.78 Å². The molecule has 20 heavy (non-hydrogen) atoms. The molecule has 0 bridgehead atoms. The van der Waals surface area contributed by atoms with E-state index < -0.39 is 17.7 Å². The lowest BCUT2D eigenvalue weighted by Crippen LogP contribution is -2.03. The van der Waals surface area contributed by atoms with E-state index in [9.17, 15) is 13.9 Å². The number of rotatable bonds is 4. The van der Waals surface area contributed by atoms with Gasteiger partial charge in [0.2, 0.25) is 0 Å². The second-order valence-corrected chi connectivity index (χ2v) is 4.82. The summed E-state index contributed by atoms with van der Waals surface area (Å²) in [6.45, 7) is 1.44. The molecule has 106 valence electrons. The average Bonchev–Trinajstić information content (AvgIpc) is 2.40. The largest absolute Gasteiger partial charge is 0.488 e. The maximum absolute atomic E-state index is 13.5. The van der Waals surface area contributed by atoms with Crippen LogP contribution in [0.3, 0.4) is 0 Å². The Morgan fingerprint density at radius 2 is 1.95 bits per heavy atom. The Labute approximate surface area is 120 Å². The summed E-state index contributed by atoms with van der Waals surface area (Å²) in [7, 11) is 0. The summed E-state index contributed by atoms with van der Waals surface area (Å²) in [6.07, 6.45) is -0.777. The summed E-state index contributed by atoms with van der Waals surface area (Å²) >= 11 is 5.85. The van der Waals surface area contributed by atoms with Crippen LogP contribution in [0.15, 0.2) is 36.4 Å². The van der Waals surface area contributed by atoms with Gasteiger partial charge < -0.3 is 9.84 Å². The average molecular weight is 299 g/mol. The minimum Gasteiger partial charge on any atom is -0.488 e. The first kappa shape index (κ1) is 14.8. The number of aliphatic hydroxyl groups is 1. The van der Waals surface area contributed by atoms with Crippen molar-refractivity contribution in [2.45, 2.75) is 19.6 Å². The van der Waals surface area contributed by atoms with Crippen molar-refractivity contribution in [3.8, 4) is 5.75 Å². The molecule has 2 aromatic rings. The van der Waals surface area contributed by atoms with Crippen molar-refractivity contribution in [2.24, 2.45) is 0 Å². The number of benzene rings is 2. The van der Waals surface area contributed by atoms with Crippen molar-refractivity contribution in [1.82, 2.24) is 0 Å². The molecular formula is C15H13ClF2O2. The fraction of sp³-hybridized carbons (Fsp3) is 0.200. The van der Waals surface area contributed by atoms with Crippen LogP contribution in [0, 0.1) is 11.6 Å². The second-order valence-electron chi connectivity index (χ2n) is 4.38. The van der Waals surface area contributed by atoms with Crippen molar-refractivity contribution < 1.29 is 18.6 Å². The molecule has 0 aromatic heterocycles. The Hall–Kier alpha value is -1.65. The van der Waals surface area contributed by atoms with Gasteiger partial charge >= 0.3 is 0 Å². The molecule has 1 atom stereocenters. The molecule has 1 N–H and O–H groups in total. The second kappa shape index (κ2) is 6.20. The number of halogens is 3. The molecule has 0 saturated carbocycles. The molecule has 0 aliphatic heterocycles. The van der Waals surface area contributed by atoms with Gasteiger partial charge in [0.05, 0.1) is 6.10 Å². The summed E-state index contributed by atoms with van der Waals surface area (Å²) in [4.78, 5) is 0. The SMILES string of the molecule is C[C@@H](O)c1cc(Cl)ccc1OCc1cc(F)ccc1F. The van der Waals surface area contributed by atoms with Gasteiger partial charge in [-0.25, -0.2) is 8.78 Å². The van der Waals surface area contributed by atoms with Gasteiger partial charge in [0.1, 0.15) is 24.0 Å². The van der Waals surface area contributed by atoms with Gasteiger partial charge in [-0.15, -0.1) is 0 Å². The molecule has 0 aliphatic carbocycles. The van der Waals surface area contributed by atoms with E-state index in [-0.39, 0.29) is 12.2 Å². The van der Waals surface area contributed by atoms with Gasteiger partial charge in [-0.2, -0.15) is 0 Å². The number of hydrogen-bond donors (Lipinski definition) is 1. The molecule has 0 spiro atoms. The van der Waals surface area contributed by atoms with Crippen LogP contribution in [-0.4, -0.2) is 5.11 Å². The lowest BCUT2D eigenvalue weighted by Gasteiger charge is -2.14. The molecule has 0 saturated heterocycles. The Morgan fingerprint density at radius 1 is 1.20 bits per heavy atom. The highest BCUT2D eigenvalue weighted by Gasteiger charge is 2.11. The fourth-order valence-electron chi connectivity index (χ4n) is 1.79. The molecule has 0 amide bonds. The standard InChI is InChI=1S/C15H13ClF2O2/c1-9(19)13-7-11(16)2-5-15(13)20-8-10-6-12(17)3-4-14(10)18/h2-7,9,19H,8H2,1H3/t9-/m1/s1. The third-order valence-electron chi connectivity index (χ3n) is 2.81. The predicted molar refractivity (Wildman–Crippen MR) is 72.8 cm³/mol. The molecule has 0 unspecified atom stereocenters. The first-order valence-corrected chi connectivity index (χ1v) is 6.39. The van der Waals surface area contributed by atoms with Crippen LogP contribution in [-0.2, 0) is 6.61 Å². The summed E-state index contributed by atoms with van der Waals surface area (Å²) in [5.74, 6) is -0.691. The Bertz CT molecular complexity index is 615. The van der Waals surface area contributed by atoms with E-state index in [4.69, 9.17) is 16.3 Å². The maximum atomic E-state index is 13.5. The van der Waals surface area contributed by atoms with Crippen LogP contribution >= 0.6 is 11.6 Å². The number of ether oxygens (including phenoxy) is 1. The highest BCUT2D eigenvalue weighted by atomic mass is 35.5. The molecule has 2 nitrogen and oxygen atoms in total. The van der Waals surface area contributed by atoms with Gasteiger partial charge in [-0.1, -0.05) is 11.6 Å². The van der Waals surface area contributed by atoms with E-state index in [0.29, 0.717) is 16.3 Å². The van der Waals surface area contributed by atoms with Gasteiger partial charge in [0.25, 0.3) is 0 Å². The molecule has 0 fully saturated rings. The smallest absolute Gasteiger partial charge is 0.130 e. The van der Waals surface area contributed by atoms with Gasteiger partial charge in [-0.3, -0.25) is 0 Å². The Kier molecular flexibility index (Phi) is 4.57. The monoisotopic (exact) mass is 298 g/mol. The van der Waals surface area contributed by atoms with Gasteiger partial charge in [-0.05, 0) is 43.3 Å². The lowest BCUT2D eigenvalue weighted by molar-refractivity contribution is 0.190. The summed E-state index contributed by atoms with van der Waals surface area (Å²) in [5.41, 5.74) is 0.603. The van der Waals surface area contributed by atoms with E-state index in [0.717, 1.165) is 18.2 Å². The van der Waals surface area contributed by atoms with Crippen LogP contribution in [0.25, 0.3) is 0 Å². The van der Waals surface area contributed by atoms with Gasteiger partial charge in [0.15, 0.2) is 0 Å². The maximum Gasteiger partial charge on any atom is 0.130 e. The highest BCUT2D eigenvalue weighted by Crippen LogP contribution is 2.29. The first-order valence-electron chi connectivity index (χ1n) is 6.01. The molecule has 0 radical (unpaired) electrons. The zero-order valence-corrected chi connectivity index (χ0v) is 11.5. The first-order chi connectivity index (χ1) is 9.47. The molecule has 5 heteroatoms. The molecule has 0 aliphatic rings. The van der Waals surface area contributed by atoms with Crippen LogP contribution in [0.1, 0.15) is 24.2 Å². The van der Waals surface area contributed by atoms with Crippen LogP contribution in [0.2, 0.25) is 5.02 Å². The molecule has 2 rings (SSSR count). The van der Waals surface area contributed by atoms with E-state index >= 15 is 0 Å². The molecule has 2 aromatic carbocycles. The zero-order chi connectivity index (χ0) is 14.7. The summed E-state index contributed by atoms with van der Waals surface area (Å²) in [6, 6.07) is 7.93. The molecule has 0 heterocycles. The zero-order valence-electron chi connectivity index (χ0n) is 10.7. The van der Waals surface area contributed by atoms with Crippen molar-refractivity contribution in [3.63, 3.8) is 0 Å². The van der Waals surface area contributed by atoms with Gasteiger partial charge in [0, 0.05) is 16.1 Å². The summed E-state index contributed by atoms with van der Waals surface area (Å²) in [5, 5.41) is 10.1. The predicted octanol–water partition coefficient (Wildman–Crippen LogP) is 4.25. The van der Waals surface area contributed by atoms with Crippen LogP contribution in [0.5, 0.6) is 5.75 Å². The van der Waals surface area contributed by atoms with E-state index in [1.807, 2.05) is 0 Å². The quantitative estimate of drug-likeness (QED) is 0.914. The van der Waals surface area contributed by atoms with Crippen molar-refractivity contribution in [2.75, 3.05) is 0 Å². The topological polar surface area (TPSA) is 29.5 Å². The highest BCUT2D eigenvalue weighted by molar-refractivity contribution is 6.30. The Balaban J connectivity index is 2.20. The van der Waals surface area contributed by atoms with Crippen molar-refractivity contribution in [3.05, 3.63) is 64.2 Å². The van der Waals surface area contributed by atoms with E-state index in [2.05, 4.69) is 0 Å². The van der Waals surface area contributed by atoms with E-state index in [1.54, 1.807) is 25.1 Å². The number of aliphatic hydroxyl groups excluding tert-OH is 1. The lowest BCUT2D eigenvalue weighted by atomic mass is 10.1.